The van der Waals surface area contributed by atoms with E-state index < -0.39 is 34.9 Å². The smallest absolute Gasteiger partial charge is 0.266 e. The van der Waals surface area contributed by atoms with E-state index in [1.165, 1.54) is 28.2 Å². The van der Waals surface area contributed by atoms with E-state index in [2.05, 4.69) is 34.7 Å². The molecule has 210 valence electrons. The minimum absolute atomic E-state index is 0.0447. The van der Waals surface area contributed by atoms with E-state index in [1.54, 1.807) is 18.2 Å². The number of fused-ring (bicyclic) bond motifs is 4. The molecule has 9 heteroatoms. The molecule has 8 rings (SSSR count). The van der Waals surface area contributed by atoms with Crippen molar-refractivity contribution >= 4 is 58.2 Å². The highest BCUT2D eigenvalue weighted by atomic mass is 32.1. The second-order valence-electron chi connectivity index (χ2n) is 11.3. The number of H-pyrrole nitrogens is 1. The first-order chi connectivity index (χ1) is 20.8. The monoisotopic (exact) mass is 585 g/mol. The standard InChI is InChI=1S/C34H23N3O5S/c38-29-21-14-23-24(15-22(21)30(39)28(29)31-35-26-11-9-17(43)13-25(26)32(40)36-31)34(42)37(33(23)41)27-12-10-18(16-5-1-2-6-16)19-7-3-4-8-20(19)27/h1-2,5,9-15,28,43H,3-4,6-8H2,(H,35,36,40). The molecule has 8 nitrogen and oxygen atoms in total. The van der Waals surface area contributed by atoms with E-state index >= 15 is 0 Å². The van der Waals surface area contributed by atoms with Crippen LogP contribution in [0.15, 0.2) is 70.4 Å². The van der Waals surface area contributed by atoms with Crippen LogP contribution in [0.1, 0.15) is 89.1 Å². The van der Waals surface area contributed by atoms with Gasteiger partial charge in [0.2, 0.25) is 0 Å². The van der Waals surface area contributed by atoms with Crippen molar-refractivity contribution in [2.75, 3.05) is 4.90 Å². The van der Waals surface area contributed by atoms with E-state index in [4.69, 9.17) is 0 Å². The molecule has 1 aliphatic heterocycles. The molecule has 2 heterocycles. The third-order valence-electron chi connectivity index (χ3n) is 8.93. The number of hydrogen-bond donors (Lipinski definition) is 2. The zero-order chi connectivity index (χ0) is 29.6. The highest BCUT2D eigenvalue weighted by Crippen LogP contribution is 2.42. The fourth-order valence-corrected chi connectivity index (χ4v) is 7.08. The van der Waals surface area contributed by atoms with Crippen LogP contribution < -0.4 is 10.5 Å². The number of carbonyl (C=O) groups excluding carboxylic acids is 4. The summed E-state index contributed by atoms with van der Waals surface area (Å²) in [5.41, 5.74) is 5.22. The normalized spacial score (nSPS) is 17.6. The van der Waals surface area contributed by atoms with Gasteiger partial charge in [0.15, 0.2) is 11.6 Å². The lowest BCUT2D eigenvalue weighted by Crippen LogP contribution is -2.31. The van der Waals surface area contributed by atoms with Gasteiger partial charge in [0.05, 0.1) is 27.7 Å². The number of thiol groups is 1. The quantitative estimate of drug-likeness (QED) is 0.189. The van der Waals surface area contributed by atoms with E-state index in [0.29, 0.717) is 16.1 Å². The molecule has 0 spiro atoms. The molecule has 3 aliphatic carbocycles. The third-order valence-corrected chi connectivity index (χ3v) is 9.21. The van der Waals surface area contributed by atoms with E-state index in [9.17, 15) is 24.0 Å². The SMILES string of the molecule is O=C1c2cc3c(cc2C(=O)C1c1nc2ccc(S)cc2c(=O)[nH]1)C(=O)N(c1ccc(C2=CC=CC2)c2c1CCCC2)C3=O. The van der Waals surface area contributed by atoms with Gasteiger partial charge in [-0.15, -0.1) is 12.6 Å². The number of imide groups is 1. The summed E-state index contributed by atoms with van der Waals surface area (Å²) < 4.78 is 0. The summed E-state index contributed by atoms with van der Waals surface area (Å²) in [6.45, 7) is 0. The van der Waals surface area contributed by atoms with Gasteiger partial charge in [0.25, 0.3) is 17.4 Å². The van der Waals surface area contributed by atoms with Gasteiger partial charge < -0.3 is 4.98 Å². The molecule has 43 heavy (non-hydrogen) atoms. The van der Waals surface area contributed by atoms with Gasteiger partial charge in [-0.1, -0.05) is 24.3 Å². The van der Waals surface area contributed by atoms with Crippen molar-refractivity contribution in [3.05, 3.63) is 116 Å². The number of amides is 2. The zero-order valence-electron chi connectivity index (χ0n) is 22.8. The van der Waals surface area contributed by atoms with Crippen LogP contribution in [0.3, 0.4) is 0 Å². The van der Waals surface area contributed by atoms with Gasteiger partial charge in [-0.2, -0.15) is 0 Å². The summed E-state index contributed by atoms with van der Waals surface area (Å²) in [7, 11) is 0. The number of ketones is 2. The van der Waals surface area contributed by atoms with Crippen molar-refractivity contribution in [2.45, 2.75) is 42.9 Å². The predicted molar refractivity (Wildman–Crippen MR) is 163 cm³/mol. The summed E-state index contributed by atoms with van der Waals surface area (Å²) in [4.78, 5) is 76.3. The van der Waals surface area contributed by atoms with Gasteiger partial charge in [-0.25, -0.2) is 9.88 Å². The fraction of sp³-hybridized carbons (Fsp3) is 0.176. The number of allylic oxidation sites excluding steroid dienone is 4. The number of nitrogens with zero attached hydrogens (tertiary/aromatic N) is 2. The molecule has 0 saturated carbocycles. The van der Waals surface area contributed by atoms with Gasteiger partial charge in [0, 0.05) is 16.0 Å². The second kappa shape index (κ2) is 9.31. The Morgan fingerprint density at radius 2 is 1.49 bits per heavy atom. The van der Waals surface area contributed by atoms with Gasteiger partial charge >= 0.3 is 0 Å². The Bertz CT molecular complexity index is 2090. The van der Waals surface area contributed by atoms with Crippen LogP contribution in [0.25, 0.3) is 16.5 Å². The lowest BCUT2D eigenvalue weighted by molar-refractivity contribution is 0.0882. The first-order valence-electron chi connectivity index (χ1n) is 14.2. The Labute approximate surface area is 250 Å². The number of hydrogen-bond acceptors (Lipinski definition) is 7. The molecule has 4 aromatic rings. The molecule has 0 bridgehead atoms. The first kappa shape index (κ1) is 25.8. The third kappa shape index (κ3) is 3.71. The van der Waals surface area contributed by atoms with Crippen LogP contribution in [0.5, 0.6) is 0 Å². The number of carbonyl (C=O) groups is 4. The van der Waals surface area contributed by atoms with E-state index in [1.807, 2.05) is 18.2 Å². The second-order valence-corrected chi connectivity index (χ2v) is 11.8. The minimum atomic E-state index is -1.37. The molecule has 1 N–H and O–H groups in total. The minimum Gasteiger partial charge on any atom is -0.309 e. The molecule has 0 fully saturated rings. The molecular weight excluding hydrogens is 562 g/mol. The van der Waals surface area contributed by atoms with E-state index in [0.717, 1.165) is 43.2 Å². The van der Waals surface area contributed by atoms with Crippen molar-refractivity contribution in [2.24, 2.45) is 0 Å². The first-order valence-corrected chi connectivity index (χ1v) is 14.7. The van der Waals surface area contributed by atoms with E-state index in [-0.39, 0.29) is 33.5 Å². The van der Waals surface area contributed by atoms with Crippen LogP contribution in [-0.4, -0.2) is 33.3 Å². The average molecular weight is 586 g/mol. The fourth-order valence-electron chi connectivity index (χ4n) is 6.88. The van der Waals surface area contributed by atoms with Gasteiger partial charge in [0.1, 0.15) is 11.7 Å². The Morgan fingerprint density at radius 3 is 2.16 bits per heavy atom. The maximum Gasteiger partial charge on any atom is 0.266 e. The average Bonchev–Trinajstić information content (AvgIpc) is 3.69. The van der Waals surface area contributed by atoms with Crippen molar-refractivity contribution in [3.63, 3.8) is 0 Å². The highest BCUT2D eigenvalue weighted by molar-refractivity contribution is 7.80. The summed E-state index contributed by atoms with van der Waals surface area (Å²) in [6, 6.07) is 11.4. The highest BCUT2D eigenvalue weighted by Gasteiger charge is 2.46. The zero-order valence-corrected chi connectivity index (χ0v) is 23.7. The number of Topliss-reactive ketones (excluding diaryl/α,β-unsaturated/α-hetero) is 2. The number of aromatic amines is 1. The van der Waals surface area contributed by atoms with Crippen LogP contribution in [0.4, 0.5) is 5.69 Å². The van der Waals surface area contributed by atoms with Gasteiger partial charge in [-0.3, -0.25) is 24.0 Å². The number of aromatic nitrogens is 2. The maximum atomic E-state index is 13.8. The summed E-state index contributed by atoms with van der Waals surface area (Å²) in [5, 5.41) is 0.286. The molecule has 0 saturated heterocycles. The van der Waals surface area contributed by atoms with Crippen LogP contribution >= 0.6 is 12.6 Å². The summed E-state index contributed by atoms with van der Waals surface area (Å²) in [5.74, 6) is -3.63. The molecular formula is C34H23N3O5S. The van der Waals surface area contributed by atoms with Crippen LogP contribution in [0.2, 0.25) is 0 Å². The Kier molecular flexibility index (Phi) is 5.58. The topological polar surface area (TPSA) is 117 Å². The largest absolute Gasteiger partial charge is 0.309 e. The van der Waals surface area contributed by atoms with Crippen molar-refractivity contribution in [1.29, 1.82) is 0 Å². The number of nitrogens with one attached hydrogen (secondary N) is 1. The van der Waals surface area contributed by atoms with Crippen molar-refractivity contribution in [3.8, 4) is 0 Å². The maximum absolute atomic E-state index is 13.8. The number of benzene rings is 3. The summed E-state index contributed by atoms with van der Waals surface area (Å²) >= 11 is 4.26. The Morgan fingerprint density at radius 1 is 0.791 bits per heavy atom. The molecule has 4 aliphatic rings. The van der Waals surface area contributed by atoms with Crippen molar-refractivity contribution in [1.82, 2.24) is 9.97 Å². The number of anilines is 1. The van der Waals surface area contributed by atoms with Gasteiger partial charge in [-0.05, 0) is 90.8 Å². The van der Waals surface area contributed by atoms with Crippen molar-refractivity contribution < 1.29 is 19.2 Å². The number of rotatable bonds is 3. The lowest BCUT2D eigenvalue weighted by atomic mass is 9.84. The molecule has 0 radical (unpaired) electrons. The summed E-state index contributed by atoms with van der Waals surface area (Å²) in [6.07, 6.45) is 10.7. The lowest BCUT2D eigenvalue weighted by Gasteiger charge is -2.26. The molecule has 3 aromatic carbocycles. The van der Waals surface area contributed by atoms with Crippen LogP contribution in [-0.2, 0) is 12.8 Å². The van der Waals surface area contributed by atoms with Crippen LogP contribution in [0, 0.1) is 0 Å². The molecule has 0 atom stereocenters. The molecule has 2 amide bonds. The Hall–Kier alpha value is -4.89. The molecule has 0 unspecified atom stereocenters. The Balaban J connectivity index is 1.18. The predicted octanol–water partition coefficient (Wildman–Crippen LogP) is 5.40. The molecule has 1 aromatic heterocycles.